The van der Waals surface area contributed by atoms with Gasteiger partial charge in [0.05, 0.1) is 22.6 Å². The Labute approximate surface area is 111 Å². The van der Waals surface area contributed by atoms with Gasteiger partial charge in [0.25, 0.3) is 0 Å². The second kappa shape index (κ2) is 4.98. The third-order valence-electron chi connectivity index (χ3n) is 2.94. The van der Waals surface area contributed by atoms with Crippen LogP contribution >= 0.6 is 0 Å². The molecule has 3 rings (SSSR count). The maximum Gasteiger partial charge on any atom is 0.0958 e. The normalized spacial score (nSPS) is 11.7. The summed E-state index contributed by atoms with van der Waals surface area (Å²) in [7, 11) is 0. The minimum Gasteiger partial charge on any atom is -0.255 e. The minimum absolute atomic E-state index is 0.876. The van der Waals surface area contributed by atoms with Crippen LogP contribution in [0.3, 0.4) is 0 Å². The molecule has 0 spiro atoms. The summed E-state index contributed by atoms with van der Waals surface area (Å²) in [6.07, 6.45) is 3.56. The van der Waals surface area contributed by atoms with Crippen molar-refractivity contribution in [2.75, 3.05) is 0 Å². The molecule has 0 radical (unpaired) electrons. The number of nitrogens with zero attached hydrogens (tertiary/aromatic N) is 3. The van der Waals surface area contributed by atoms with Gasteiger partial charge >= 0.3 is 0 Å². The van der Waals surface area contributed by atoms with Crippen LogP contribution in [0.4, 0.5) is 5.69 Å². The van der Waals surface area contributed by atoms with Crippen LogP contribution in [0.5, 0.6) is 0 Å². The van der Waals surface area contributed by atoms with Gasteiger partial charge in [-0.3, -0.25) is 9.97 Å². The molecule has 0 aliphatic rings. The zero-order valence-corrected chi connectivity index (χ0v) is 10.6. The van der Waals surface area contributed by atoms with Crippen LogP contribution in [-0.2, 0) is 0 Å². The second-order valence-electron chi connectivity index (χ2n) is 4.26. The number of para-hydroxylation sites is 1. The Morgan fingerprint density at radius 3 is 2.58 bits per heavy atom. The number of aromatic nitrogens is 2. The van der Waals surface area contributed by atoms with Crippen LogP contribution < -0.4 is 0 Å². The number of rotatable bonds is 2. The average Bonchev–Trinajstić information content (AvgIpc) is 2.48. The van der Waals surface area contributed by atoms with Crippen LogP contribution in [0.2, 0.25) is 0 Å². The molecule has 0 amide bonds. The highest BCUT2D eigenvalue weighted by Crippen LogP contribution is 2.24. The fourth-order valence-corrected chi connectivity index (χ4v) is 1.99. The van der Waals surface area contributed by atoms with Crippen molar-refractivity contribution in [3.63, 3.8) is 0 Å². The smallest absolute Gasteiger partial charge is 0.0958 e. The van der Waals surface area contributed by atoms with E-state index >= 15 is 0 Å². The largest absolute Gasteiger partial charge is 0.255 e. The summed E-state index contributed by atoms with van der Waals surface area (Å²) in [5, 5.41) is 1.09. The molecule has 0 aliphatic heterocycles. The van der Waals surface area contributed by atoms with Gasteiger partial charge in [0.1, 0.15) is 0 Å². The second-order valence-corrected chi connectivity index (χ2v) is 4.26. The summed E-state index contributed by atoms with van der Waals surface area (Å²) in [4.78, 5) is 13.4. The van der Waals surface area contributed by atoms with Crippen LogP contribution in [0.1, 0.15) is 12.6 Å². The van der Waals surface area contributed by atoms with Crippen LogP contribution in [0, 0.1) is 0 Å². The quantitative estimate of drug-likeness (QED) is 0.646. The molecule has 1 aromatic carbocycles. The highest BCUT2D eigenvalue weighted by Gasteiger charge is 2.02. The number of benzene rings is 1. The monoisotopic (exact) mass is 247 g/mol. The van der Waals surface area contributed by atoms with Crippen molar-refractivity contribution < 1.29 is 0 Å². The number of aliphatic imine (C=N–C) groups is 1. The van der Waals surface area contributed by atoms with Gasteiger partial charge in [0, 0.05) is 17.8 Å². The molecule has 3 nitrogen and oxygen atoms in total. The Kier molecular flexibility index (Phi) is 3.02. The molecular weight excluding hydrogens is 234 g/mol. The van der Waals surface area contributed by atoms with Gasteiger partial charge in [-0.05, 0) is 31.2 Å². The summed E-state index contributed by atoms with van der Waals surface area (Å²) < 4.78 is 0. The van der Waals surface area contributed by atoms with Crippen molar-refractivity contribution >= 4 is 22.3 Å². The standard InChI is InChI=1S/C16H13N3/c1-12(14-8-2-3-10-17-14)19-15-9-4-6-13-7-5-11-18-16(13)15/h2-11H,1H3. The van der Waals surface area contributed by atoms with Crippen molar-refractivity contribution in [3.05, 3.63) is 66.6 Å². The Morgan fingerprint density at radius 2 is 1.74 bits per heavy atom. The first-order valence-corrected chi connectivity index (χ1v) is 6.15. The fourth-order valence-electron chi connectivity index (χ4n) is 1.99. The molecule has 0 bridgehead atoms. The Morgan fingerprint density at radius 1 is 0.895 bits per heavy atom. The lowest BCUT2D eigenvalue weighted by Crippen LogP contribution is -1.96. The number of pyridine rings is 2. The van der Waals surface area contributed by atoms with Crippen molar-refractivity contribution in [1.29, 1.82) is 0 Å². The van der Waals surface area contributed by atoms with E-state index in [-0.39, 0.29) is 0 Å². The van der Waals surface area contributed by atoms with Gasteiger partial charge < -0.3 is 0 Å². The zero-order chi connectivity index (χ0) is 13.1. The molecule has 3 heteroatoms. The van der Waals surface area contributed by atoms with E-state index < -0.39 is 0 Å². The van der Waals surface area contributed by atoms with Crippen LogP contribution in [-0.4, -0.2) is 15.7 Å². The maximum atomic E-state index is 4.65. The van der Waals surface area contributed by atoms with E-state index in [0.29, 0.717) is 0 Å². The van der Waals surface area contributed by atoms with E-state index in [2.05, 4.69) is 15.0 Å². The van der Waals surface area contributed by atoms with E-state index in [1.165, 1.54) is 0 Å². The Hall–Kier alpha value is -2.55. The van der Waals surface area contributed by atoms with E-state index in [9.17, 15) is 0 Å². The molecule has 0 N–H and O–H groups in total. The van der Waals surface area contributed by atoms with E-state index in [4.69, 9.17) is 0 Å². The van der Waals surface area contributed by atoms with E-state index in [1.54, 1.807) is 12.4 Å². The third kappa shape index (κ3) is 2.36. The van der Waals surface area contributed by atoms with Crippen molar-refractivity contribution in [2.45, 2.75) is 6.92 Å². The molecule has 2 heterocycles. The molecule has 0 saturated carbocycles. The summed E-state index contributed by atoms with van der Waals surface area (Å²) in [5.41, 5.74) is 3.57. The summed E-state index contributed by atoms with van der Waals surface area (Å²) in [5.74, 6) is 0. The van der Waals surface area contributed by atoms with Crippen molar-refractivity contribution in [2.24, 2.45) is 4.99 Å². The number of fused-ring (bicyclic) bond motifs is 1. The zero-order valence-electron chi connectivity index (χ0n) is 10.6. The predicted octanol–water partition coefficient (Wildman–Crippen LogP) is 3.77. The lowest BCUT2D eigenvalue weighted by Gasteiger charge is -2.03. The highest BCUT2D eigenvalue weighted by atomic mass is 14.8. The predicted molar refractivity (Wildman–Crippen MR) is 77.9 cm³/mol. The molecule has 92 valence electrons. The molecule has 0 aliphatic carbocycles. The van der Waals surface area contributed by atoms with E-state index in [0.717, 1.165) is 28.0 Å². The lowest BCUT2D eigenvalue weighted by atomic mass is 10.2. The molecule has 0 fully saturated rings. The summed E-state index contributed by atoms with van der Waals surface area (Å²) in [6, 6.07) is 15.8. The van der Waals surface area contributed by atoms with Gasteiger partial charge in [-0.25, -0.2) is 4.99 Å². The topological polar surface area (TPSA) is 38.1 Å². The number of hydrogen-bond donors (Lipinski definition) is 0. The lowest BCUT2D eigenvalue weighted by molar-refractivity contribution is 1.28. The van der Waals surface area contributed by atoms with Gasteiger partial charge in [-0.15, -0.1) is 0 Å². The van der Waals surface area contributed by atoms with Crippen LogP contribution in [0.25, 0.3) is 10.9 Å². The average molecular weight is 247 g/mol. The minimum atomic E-state index is 0.876. The fraction of sp³-hybridized carbons (Fsp3) is 0.0625. The molecule has 0 unspecified atom stereocenters. The first-order valence-electron chi connectivity index (χ1n) is 6.15. The van der Waals surface area contributed by atoms with E-state index in [1.807, 2.05) is 55.5 Å². The van der Waals surface area contributed by atoms with Gasteiger partial charge in [-0.1, -0.05) is 24.3 Å². The van der Waals surface area contributed by atoms with Gasteiger partial charge in [0.15, 0.2) is 0 Å². The third-order valence-corrected chi connectivity index (χ3v) is 2.94. The molecule has 0 saturated heterocycles. The highest BCUT2D eigenvalue weighted by molar-refractivity contribution is 6.01. The number of hydrogen-bond acceptors (Lipinski definition) is 3. The molecule has 0 atom stereocenters. The Balaban J connectivity index is 2.11. The molecule has 2 aromatic heterocycles. The molecule has 19 heavy (non-hydrogen) atoms. The first kappa shape index (κ1) is 11.5. The van der Waals surface area contributed by atoms with Crippen molar-refractivity contribution in [3.8, 4) is 0 Å². The summed E-state index contributed by atoms with van der Waals surface area (Å²) in [6.45, 7) is 1.96. The van der Waals surface area contributed by atoms with Gasteiger partial charge in [-0.2, -0.15) is 0 Å². The first-order chi connectivity index (χ1) is 9.34. The Bertz CT molecular complexity index is 728. The SMILES string of the molecule is CC(=Nc1cccc2cccnc12)c1ccccn1. The maximum absolute atomic E-state index is 4.65. The molecule has 3 aromatic rings. The van der Waals surface area contributed by atoms with Crippen molar-refractivity contribution in [1.82, 2.24) is 9.97 Å². The summed E-state index contributed by atoms with van der Waals surface area (Å²) >= 11 is 0. The molecular formula is C16H13N3. The van der Waals surface area contributed by atoms with Gasteiger partial charge in [0.2, 0.25) is 0 Å². The van der Waals surface area contributed by atoms with Crippen LogP contribution in [0.15, 0.2) is 65.9 Å².